The van der Waals surface area contributed by atoms with Crippen molar-refractivity contribution in [2.45, 2.75) is 26.7 Å². The van der Waals surface area contributed by atoms with Crippen LogP contribution in [-0.2, 0) is 9.59 Å². The van der Waals surface area contributed by atoms with Crippen LogP contribution in [0.15, 0.2) is 12.2 Å². The van der Waals surface area contributed by atoms with Crippen molar-refractivity contribution in [3.05, 3.63) is 12.2 Å². The Kier molecular flexibility index (Phi) is 4.03. The van der Waals surface area contributed by atoms with Gasteiger partial charge in [0.05, 0.1) is 6.07 Å². The second kappa shape index (κ2) is 4.56. The first-order valence-corrected chi connectivity index (χ1v) is 4.12. The molecule has 0 fully saturated rings. The summed E-state index contributed by atoms with van der Waals surface area (Å²) in [6, 6.07) is 1.70. The number of rotatable bonds is 5. The fraction of sp³-hybridized carbons (Fsp3) is 0.500. The number of Topliss-reactive ketones (excluding diaryl/α,β-unsaturated/α-hetero) is 1. The number of hydrogen-bond donors (Lipinski definition) is 1. The number of hydrogen-bond acceptors (Lipinski definition) is 3. The fourth-order valence-electron chi connectivity index (χ4n) is 1.28. The van der Waals surface area contributed by atoms with Crippen LogP contribution in [0.4, 0.5) is 0 Å². The van der Waals surface area contributed by atoms with Gasteiger partial charge in [-0.25, -0.2) is 0 Å². The highest BCUT2D eigenvalue weighted by molar-refractivity contribution is 5.87. The van der Waals surface area contributed by atoms with Crippen LogP contribution in [-0.4, -0.2) is 16.9 Å². The molecule has 0 aromatic carbocycles. The summed E-state index contributed by atoms with van der Waals surface area (Å²) in [7, 11) is 0. The van der Waals surface area contributed by atoms with E-state index in [9.17, 15) is 9.59 Å². The van der Waals surface area contributed by atoms with Crippen molar-refractivity contribution in [1.29, 1.82) is 5.26 Å². The lowest BCUT2D eigenvalue weighted by atomic mass is 9.79. The summed E-state index contributed by atoms with van der Waals surface area (Å²) < 4.78 is 0. The normalized spacial score (nSPS) is 13.8. The molecule has 0 rings (SSSR count). The van der Waals surface area contributed by atoms with Crippen molar-refractivity contribution >= 4 is 11.8 Å². The number of carbonyl (C=O) groups is 2. The highest BCUT2D eigenvalue weighted by Gasteiger charge is 2.40. The Morgan fingerprint density at radius 2 is 1.93 bits per heavy atom. The van der Waals surface area contributed by atoms with E-state index in [0.29, 0.717) is 5.57 Å². The van der Waals surface area contributed by atoms with Crippen molar-refractivity contribution in [2.75, 3.05) is 0 Å². The molecule has 0 saturated heterocycles. The maximum atomic E-state index is 10.9. The number of carboxylic acid groups (broad SMARTS) is 1. The Bertz CT molecular complexity index is 296. The topological polar surface area (TPSA) is 78.2 Å². The van der Waals surface area contributed by atoms with Gasteiger partial charge in [-0.3, -0.25) is 9.59 Å². The van der Waals surface area contributed by atoms with Crippen molar-refractivity contribution < 1.29 is 14.7 Å². The highest BCUT2D eigenvalue weighted by Crippen LogP contribution is 2.29. The molecule has 4 nitrogen and oxygen atoms in total. The van der Waals surface area contributed by atoms with Crippen LogP contribution in [0.3, 0.4) is 0 Å². The zero-order chi connectivity index (χ0) is 11.4. The second-order valence-corrected chi connectivity index (χ2v) is 3.51. The number of ketones is 1. The lowest BCUT2D eigenvalue weighted by Gasteiger charge is -2.20. The summed E-state index contributed by atoms with van der Waals surface area (Å²) in [5, 5.41) is 17.7. The first kappa shape index (κ1) is 12.4. The molecule has 0 aromatic heterocycles. The lowest BCUT2D eigenvalue weighted by Crippen LogP contribution is -2.31. The van der Waals surface area contributed by atoms with E-state index in [0.717, 1.165) is 0 Å². The van der Waals surface area contributed by atoms with Gasteiger partial charge < -0.3 is 5.11 Å². The molecule has 0 aliphatic rings. The maximum Gasteiger partial charge on any atom is 0.324 e. The molecule has 0 spiro atoms. The lowest BCUT2D eigenvalue weighted by molar-refractivity contribution is -0.147. The third kappa shape index (κ3) is 3.02. The Balaban J connectivity index is 5.00. The molecule has 0 heterocycles. The van der Waals surface area contributed by atoms with E-state index in [1.54, 1.807) is 13.0 Å². The molecule has 1 N–H and O–H groups in total. The molecule has 0 unspecified atom stereocenters. The van der Waals surface area contributed by atoms with Gasteiger partial charge in [0.2, 0.25) is 0 Å². The van der Waals surface area contributed by atoms with E-state index in [1.165, 1.54) is 6.92 Å². The standard InChI is InChI=1S/C10H13NO3/c1-7(2)4-10(6-11,9(13)14)5-8(3)12/h1,4-5H2,2-3H3,(H,13,14)/t10-/m0/s1. The Hall–Kier alpha value is -1.63. The summed E-state index contributed by atoms with van der Waals surface area (Å²) in [6.07, 6.45) is -0.260. The van der Waals surface area contributed by atoms with Gasteiger partial charge in [0.1, 0.15) is 5.78 Å². The SMILES string of the molecule is C=C(C)C[C@@](C#N)(CC(C)=O)C(=O)O. The van der Waals surface area contributed by atoms with Crippen LogP contribution < -0.4 is 0 Å². The number of carboxylic acids is 1. The van der Waals surface area contributed by atoms with Gasteiger partial charge in [0, 0.05) is 6.42 Å². The van der Waals surface area contributed by atoms with Gasteiger partial charge in [-0.2, -0.15) is 5.26 Å². The molecule has 0 aliphatic heterocycles. The largest absolute Gasteiger partial charge is 0.480 e. The number of aliphatic carboxylic acids is 1. The molecule has 0 amide bonds. The van der Waals surface area contributed by atoms with Crippen LogP contribution in [0.2, 0.25) is 0 Å². The molecule has 0 aromatic rings. The van der Waals surface area contributed by atoms with Gasteiger partial charge >= 0.3 is 5.97 Å². The predicted molar refractivity (Wildman–Crippen MR) is 50.4 cm³/mol. The quantitative estimate of drug-likeness (QED) is 0.674. The molecule has 14 heavy (non-hydrogen) atoms. The van der Waals surface area contributed by atoms with E-state index in [-0.39, 0.29) is 18.6 Å². The van der Waals surface area contributed by atoms with E-state index in [4.69, 9.17) is 10.4 Å². The van der Waals surface area contributed by atoms with E-state index < -0.39 is 11.4 Å². The smallest absolute Gasteiger partial charge is 0.324 e. The zero-order valence-corrected chi connectivity index (χ0v) is 8.33. The van der Waals surface area contributed by atoms with Crippen molar-refractivity contribution in [2.24, 2.45) is 5.41 Å². The predicted octanol–water partition coefficient (Wildman–Crippen LogP) is 1.53. The minimum atomic E-state index is -1.64. The van der Waals surface area contributed by atoms with Crippen molar-refractivity contribution in [1.82, 2.24) is 0 Å². The van der Waals surface area contributed by atoms with Crippen LogP contribution >= 0.6 is 0 Å². The minimum absolute atomic E-state index is 0.0123. The first-order valence-electron chi connectivity index (χ1n) is 4.12. The van der Waals surface area contributed by atoms with Gasteiger partial charge in [-0.1, -0.05) is 5.57 Å². The molecule has 1 atom stereocenters. The van der Waals surface area contributed by atoms with Gasteiger partial charge in [-0.05, 0) is 20.3 Å². The highest BCUT2D eigenvalue weighted by atomic mass is 16.4. The summed E-state index contributed by atoms with van der Waals surface area (Å²) in [5.74, 6) is -1.58. The summed E-state index contributed by atoms with van der Waals surface area (Å²) in [5.41, 5.74) is -1.06. The summed E-state index contributed by atoms with van der Waals surface area (Å²) in [6.45, 7) is 6.46. The molecule has 76 valence electrons. The maximum absolute atomic E-state index is 10.9. The van der Waals surface area contributed by atoms with E-state index in [2.05, 4.69) is 6.58 Å². The summed E-state index contributed by atoms with van der Waals surface area (Å²) >= 11 is 0. The van der Waals surface area contributed by atoms with E-state index >= 15 is 0 Å². The van der Waals surface area contributed by atoms with Gasteiger partial charge in [0.25, 0.3) is 0 Å². The number of nitriles is 1. The summed E-state index contributed by atoms with van der Waals surface area (Å²) in [4.78, 5) is 21.8. The second-order valence-electron chi connectivity index (χ2n) is 3.51. The first-order chi connectivity index (χ1) is 6.34. The molecular formula is C10H13NO3. The number of allylic oxidation sites excluding steroid dienone is 1. The van der Waals surface area contributed by atoms with E-state index in [1.807, 2.05) is 0 Å². The van der Waals surface area contributed by atoms with Gasteiger partial charge in [-0.15, -0.1) is 6.58 Å². The number of carbonyl (C=O) groups excluding carboxylic acids is 1. The monoisotopic (exact) mass is 195 g/mol. The van der Waals surface area contributed by atoms with Crippen LogP contribution in [0.25, 0.3) is 0 Å². The van der Waals surface area contributed by atoms with Crippen LogP contribution in [0.5, 0.6) is 0 Å². The molecular weight excluding hydrogens is 182 g/mol. The van der Waals surface area contributed by atoms with Crippen molar-refractivity contribution in [3.63, 3.8) is 0 Å². The third-order valence-electron chi connectivity index (χ3n) is 1.78. The van der Waals surface area contributed by atoms with Gasteiger partial charge in [0.15, 0.2) is 5.41 Å². The molecule has 4 heteroatoms. The zero-order valence-electron chi connectivity index (χ0n) is 8.33. The third-order valence-corrected chi connectivity index (χ3v) is 1.78. The molecule has 0 saturated carbocycles. The average molecular weight is 195 g/mol. The molecule has 0 aliphatic carbocycles. The van der Waals surface area contributed by atoms with Crippen LogP contribution in [0, 0.1) is 16.7 Å². The Labute approximate surface area is 82.8 Å². The fourth-order valence-corrected chi connectivity index (χ4v) is 1.28. The van der Waals surface area contributed by atoms with Crippen LogP contribution in [0.1, 0.15) is 26.7 Å². The number of nitrogens with zero attached hydrogens (tertiary/aromatic N) is 1. The Morgan fingerprint density at radius 1 is 1.43 bits per heavy atom. The van der Waals surface area contributed by atoms with Crippen molar-refractivity contribution in [3.8, 4) is 6.07 Å². The Morgan fingerprint density at radius 3 is 2.14 bits per heavy atom. The molecule has 0 bridgehead atoms. The molecule has 0 radical (unpaired) electrons. The average Bonchev–Trinajstić information content (AvgIpc) is 2.00. The minimum Gasteiger partial charge on any atom is -0.480 e.